The molecule has 2 aromatic heterocycles. The second-order valence-corrected chi connectivity index (χ2v) is 21.6. The monoisotopic (exact) mass is 1130 g/mol. The number of hydrogen-bond acceptors (Lipinski definition) is 13. The molecule has 436 valence electrons. The second-order valence-electron chi connectivity index (χ2n) is 21.6. The largest absolute Gasteiger partial charge is 0.508 e. The Morgan fingerprint density at radius 1 is 0.691 bits per heavy atom. The summed E-state index contributed by atoms with van der Waals surface area (Å²) in [7, 11) is 7.89. The van der Waals surface area contributed by atoms with Crippen LogP contribution in [0.15, 0.2) is 85.2 Å². The number of carbonyl (C=O) groups is 5. The fourth-order valence-corrected chi connectivity index (χ4v) is 8.80. The van der Waals surface area contributed by atoms with Gasteiger partial charge < -0.3 is 66.1 Å². The third-order valence-corrected chi connectivity index (χ3v) is 12.5. The number of benzene rings is 4. The van der Waals surface area contributed by atoms with Crippen LogP contribution in [0, 0.1) is 23.3 Å². The van der Waals surface area contributed by atoms with Crippen LogP contribution in [0.4, 0.5) is 22.4 Å². The number of phenolic OH excluding ortho intramolecular Hbond substituents is 1. The lowest BCUT2D eigenvalue weighted by Gasteiger charge is -2.29. The fourth-order valence-electron chi connectivity index (χ4n) is 8.80. The van der Waals surface area contributed by atoms with Crippen molar-refractivity contribution in [3.63, 3.8) is 0 Å². The highest BCUT2D eigenvalue weighted by Crippen LogP contribution is 2.42. The summed E-state index contributed by atoms with van der Waals surface area (Å²) < 4.78 is 68.1. The lowest BCUT2D eigenvalue weighted by molar-refractivity contribution is -0.141. The summed E-state index contributed by atoms with van der Waals surface area (Å²) in [5.74, 6) is -6.12. The number of hydrogen-bond donors (Lipinski definition) is 7. The summed E-state index contributed by atoms with van der Waals surface area (Å²) in [5, 5.41) is 17.7. The number of rotatable bonds is 12. The minimum Gasteiger partial charge on any atom is -0.508 e. The number of amides is 3. The number of nitrogens with two attached hydrogens (primary N) is 2. The van der Waals surface area contributed by atoms with E-state index >= 15 is 0 Å². The van der Waals surface area contributed by atoms with Crippen LogP contribution in [0.1, 0.15) is 98.6 Å². The Kier molecular flexibility index (Phi) is 21.4. The maximum Gasteiger partial charge on any atom is 0.412 e. The molecule has 9 N–H and O–H groups in total. The van der Waals surface area contributed by atoms with Crippen molar-refractivity contribution < 1.29 is 60.9 Å². The van der Waals surface area contributed by atoms with Gasteiger partial charge in [0.1, 0.15) is 11.5 Å². The average Bonchev–Trinajstić information content (AvgIpc) is 3.95. The van der Waals surface area contributed by atoms with Gasteiger partial charge in [-0.3, -0.25) is 9.59 Å². The van der Waals surface area contributed by atoms with Gasteiger partial charge in [-0.15, -0.1) is 0 Å². The van der Waals surface area contributed by atoms with Crippen LogP contribution in [-0.4, -0.2) is 139 Å². The van der Waals surface area contributed by atoms with Crippen molar-refractivity contribution in [2.75, 3.05) is 67.5 Å². The smallest absolute Gasteiger partial charge is 0.412 e. The number of primary amides is 1. The second kappa shape index (κ2) is 27.3. The van der Waals surface area contributed by atoms with E-state index in [9.17, 15) is 46.6 Å². The summed E-state index contributed by atoms with van der Waals surface area (Å²) in [6, 6.07) is 16.0. The molecule has 4 heterocycles. The van der Waals surface area contributed by atoms with E-state index in [2.05, 4.69) is 39.3 Å². The molecule has 2 aliphatic rings. The number of aromatic nitrogens is 2. The van der Waals surface area contributed by atoms with E-state index in [4.69, 9.17) is 25.7 Å². The molecule has 0 fully saturated rings. The Morgan fingerprint density at radius 2 is 1.21 bits per heavy atom. The number of aromatic amines is 2. The van der Waals surface area contributed by atoms with E-state index in [0.29, 0.717) is 35.6 Å². The number of phenols is 1. The highest BCUT2D eigenvalue weighted by molar-refractivity contribution is 6.19. The maximum atomic E-state index is 13.8. The van der Waals surface area contributed by atoms with Gasteiger partial charge in [0, 0.05) is 108 Å². The SMILES string of the molecule is CC(C)OC(=O)C1=CN(C(=O)c2ccc(F)c(F)c2)CC(C)(C)c2c1[nH]c1cc(O)ccc21.CC(C)OC(=O)C1=CNCC(C)(C)c2c1[nH]c1cc(OC(=O)NCCN(C)C)ccc21.CN(C)CCN.NC(=O)c1ccc(F)c(F)c1. The molecule has 0 spiro atoms. The number of nitrogens with zero attached hydrogens (tertiary/aromatic N) is 3. The molecule has 0 saturated carbocycles. The van der Waals surface area contributed by atoms with Crippen LogP contribution in [0.3, 0.4) is 0 Å². The number of H-pyrrole nitrogens is 2. The Labute approximate surface area is 468 Å². The zero-order valence-electron chi connectivity index (χ0n) is 47.7. The Morgan fingerprint density at radius 3 is 1.74 bits per heavy atom. The van der Waals surface area contributed by atoms with Gasteiger partial charge in [-0.05, 0) is 128 Å². The van der Waals surface area contributed by atoms with E-state index in [0.717, 1.165) is 83.1 Å². The summed E-state index contributed by atoms with van der Waals surface area (Å²) >= 11 is 0. The Hall–Kier alpha value is -8.21. The van der Waals surface area contributed by atoms with Crippen LogP contribution in [0.25, 0.3) is 33.0 Å². The predicted molar refractivity (Wildman–Crippen MR) is 303 cm³/mol. The minimum absolute atomic E-state index is 0.0381. The van der Waals surface area contributed by atoms with Crippen molar-refractivity contribution >= 4 is 62.8 Å². The lowest BCUT2D eigenvalue weighted by Crippen LogP contribution is -2.37. The highest BCUT2D eigenvalue weighted by Gasteiger charge is 2.38. The number of carbonyl (C=O) groups excluding carboxylic acids is 5. The predicted octanol–water partition coefficient (Wildman–Crippen LogP) is 8.44. The molecule has 81 heavy (non-hydrogen) atoms. The topological polar surface area (TPSA) is 251 Å². The first kappa shape index (κ1) is 63.6. The molecule has 0 atom stereocenters. The van der Waals surface area contributed by atoms with Crippen molar-refractivity contribution in [3.05, 3.63) is 142 Å². The van der Waals surface area contributed by atoms with Crippen molar-refractivity contribution in [1.29, 1.82) is 0 Å². The summed E-state index contributed by atoms with van der Waals surface area (Å²) in [6.45, 7) is 19.0. The molecule has 2 aliphatic heterocycles. The van der Waals surface area contributed by atoms with Gasteiger partial charge in [0.15, 0.2) is 23.3 Å². The van der Waals surface area contributed by atoms with Gasteiger partial charge in [-0.2, -0.15) is 0 Å². The van der Waals surface area contributed by atoms with Gasteiger partial charge in [0.05, 0.1) is 34.7 Å². The number of aromatic hydroxyl groups is 1. The number of halogens is 4. The lowest BCUT2D eigenvalue weighted by atomic mass is 9.81. The molecule has 0 unspecified atom stereocenters. The molecule has 6 aromatic rings. The first-order chi connectivity index (χ1) is 37.9. The van der Waals surface area contributed by atoms with E-state index in [1.807, 2.05) is 66.9 Å². The van der Waals surface area contributed by atoms with E-state index in [1.165, 1.54) is 17.2 Å². The van der Waals surface area contributed by atoms with Crippen LogP contribution in [-0.2, 0) is 29.9 Å². The zero-order chi connectivity index (χ0) is 60.3. The highest BCUT2D eigenvalue weighted by atomic mass is 19.2. The standard InChI is InChI=1S/C25H24F2N2O4.C23H32N4O4.C7H5F2NO.C4H12N2/c1-13(2)33-24(32)17-11-29(23(31)14-5-8-18(26)19(27)9-14)12-25(3,4)21-16-7-6-15(30)10-20(16)28-22(17)21;1-14(2)30-21(28)17-12-24-13-23(3,4)19-16-8-7-15(11-18(16)26-20(17)19)31-22(29)25-9-10-27(5)6;8-5-2-1-4(7(10)11)3-6(5)9;1-6(2)4-3-5/h5-11,13,28,30H,12H2,1-4H3;7-8,11-12,14,24,26H,9-10,13H2,1-6H3,(H,25,29);1-3H,(H2,10,11);3-5H2,1-2H3. The molecule has 18 nitrogen and oxygen atoms in total. The van der Waals surface area contributed by atoms with Crippen LogP contribution in [0.2, 0.25) is 0 Å². The molecule has 0 aliphatic carbocycles. The molecule has 3 amide bonds. The van der Waals surface area contributed by atoms with Gasteiger partial charge in [0.25, 0.3) is 5.91 Å². The first-order valence-corrected chi connectivity index (χ1v) is 26.0. The molecular weight excluding hydrogens is 1050 g/mol. The first-order valence-electron chi connectivity index (χ1n) is 26.0. The molecule has 0 radical (unpaired) electrons. The zero-order valence-corrected chi connectivity index (χ0v) is 47.7. The van der Waals surface area contributed by atoms with Crippen LogP contribution >= 0.6 is 0 Å². The Balaban J connectivity index is 0.000000231. The van der Waals surface area contributed by atoms with Crippen molar-refractivity contribution in [2.24, 2.45) is 11.5 Å². The van der Waals surface area contributed by atoms with Gasteiger partial charge in [-0.25, -0.2) is 31.9 Å². The van der Waals surface area contributed by atoms with Crippen LogP contribution < -0.4 is 26.8 Å². The number of likely N-dealkylation sites (N-methyl/N-ethyl adjacent to an activating group) is 2. The van der Waals surface area contributed by atoms with Crippen LogP contribution in [0.5, 0.6) is 11.5 Å². The summed E-state index contributed by atoms with van der Waals surface area (Å²) in [5.41, 5.74) is 14.0. The molecule has 22 heteroatoms. The molecule has 8 rings (SSSR count). The molecular formula is C59H73F4N9O9. The minimum atomic E-state index is -1.13. The number of ether oxygens (including phenoxy) is 3. The van der Waals surface area contributed by atoms with E-state index in [-0.39, 0.29) is 46.5 Å². The van der Waals surface area contributed by atoms with Crippen molar-refractivity contribution in [1.82, 2.24) is 35.3 Å². The molecule has 0 saturated heterocycles. The van der Waals surface area contributed by atoms with Gasteiger partial charge >= 0.3 is 18.0 Å². The third kappa shape index (κ3) is 16.7. The van der Waals surface area contributed by atoms with Crippen molar-refractivity contribution in [3.8, 4) is 11.5 Å². The third-order valence-electron chi connectivity index (χ3n) is 12.5. The normalized spacial score (nSPS) is 14.1. The van der Waals surface area contributed by atoms with E-state index in [1.54, 1.807) is 50.4 Å². The van der Waals surface area contributed by atoms with Gasteiger partial charge in [-0.1, -0.05) is 27.7 Å². The fraction of sp³-hybridized carbons (Fsp3) is 0.373. The average molecular weight is 1130 g/mol. The molecule has 4 aromatic carbocycles. The number of esters is 2. The van der Waals surface area contributed by atoms with Crippen molar-refractivity contribution in [2.45, 2.75) is 78.4 Å². The maximum absolute atomic E-state index is 13.8. The quantitative estimate of drug-likeness (QED) is 0.0449. The van der Waals surface area contributed by atoms with Gasteiger partial charge in [0.2, 0.25) is 5.91 Å². The summed E-state index contributed by atoms with van der Waals surface area (Å²) in [6.07, 6.45) is 1.98. The number of fused-ring (bicyclic) bond motifs is 6. The molecule has 0 bridgehead atoms. The summed E-state index contributed by atoms with van der Waals surface area (Å²) in [4.78, 5) is 73.5. The number of nitrogens with one attached hydrogen (secondary N) is 4. The van der Waals surface area contributed by atoms with E-state index < -0.39 is 58.7 Å². The Bertz CT molecular complexity index is 3330.